The topological polar surface area (TPSA) is 43.7 Å². The monoisotopic (exact) mass is 239 g/mol. The highest BCUT2D eigenvalue weighted by Gasteiger charge is 2.36. The maximum absolute atomic E-state index is 9.50. The van der Waals surface area contributed by atoms with Crippen LogP contribution in [0.1, 0.15) is 26.7 Å². The van der Waals surface area contributed by atoms with Crippen LogP contribution in [0.25, 0.3) is 0 Å². The van der Waals surface area contributed by atoms with Crippen LogP contribution in [0.4, 0.5) is 0 Å². The first kappa shape index (κ1) is 13.1. The molecule has 0 unspecified atom stereocenters. The zero-order valence-electron chi connectivity index (χ0n) is 10.9. The molecular formula is C14H25NO2. The molecule has 0 spiro atoms. The van der Waals surface area contributed by atoms with Crippen molar-refractivity contribution in [3.63, 3.8) is 0 Å². The number of nitrogens with zero attached hydrogens (tertiary/aromatic N) is 1. The number of allylic oxidation sites excluding steroid dienone is 2. The highest BCUT2D eigenvalue weighted by molar-refractivity contribution is 5.10. The fourth-order valence-electron chi connectivity index (χ4n) is 3.41. The lowest BCUT2D eigenvalue weighted by atomic mass is 9.93. The van der Waals surface area contributed by atoms with Crippen molar-refractivity contribution in [3.05, 3.63) is 12.2 Å². The van der Waals surface area contributed by atoms with Gasteiger partial charge in [0.2, 0.25) is 0 Å². The van der Waals surface area contributed by atoms with Gasteiger partial charge in [0.1, 0.15) is 0 Å². The molecule has 3 heteroatoms. The summed E-state index contributed by atoms with van der Waals surface area (Å²) in [6.07, 6.45) is 6.70. The summed E-state index contributed by atoms with van der Waals surface area (Å²) in [4.78, 5) is 2.22. The van der Waals surface area contributed by atoms with Gasteiger partial charge in [0.05, 0.1) is 12.2 Å². The van der Waals surface area contributed by atoms with Crippen LogP contribution in [0.3, 0.4) is 0 Å². The van der Waals surface area contributed by atoms with E-state index in [0.29, 0.717) is 13.1 Å². The minimum Gasteiger partial charge on any atom is -0.392 e. The highest BCUT2D eigenvalue weighted by Crippen LogP contribution is 2.43. The van der Waals surface area contributed by atoms with E-state index in [1.165, 1.54) is 12.8 Å². The van der Waals surface area contributed by atoms with E-state index >= 15 is 0 Å². The molecule has 2 aliphatic rings. The van der Waals surface area contributed by atoms with Crippen LogP contribution in [0.5, 0.6) is 0 Å². The fourth-order valence-corrected chi connectivity index (χ4v) is 3.41. The number of hydrogen-bond acceptors (Lipinski definition) is 3. The Kier molecular flexibility index (Phi) is 4.23. The van der Waals surface area contributed by atoms with Crippen molar-refractivity contribution in [1.29, 1.82) is 0 Å². The highest BCUT2D eigenvalue weighted by atomic mass is 16.3. The number of aliphatic hydroxyl groups is 2. The van der Waals surface area contributed by atoms with E-state index in [1.54, 1.807) is 0 Å². The van der Waals surface area contributed by atoms with Crippen LogP contribution in [-0.4, -0.2) is 47.0 Å². The average Bonchev–Trinajstić information content (AvgIpc) is 2.76. The molecule has 0 aliphatic heterocycles. The van der Waals surface area contributed by atoms with Crippen LogP contribution in [-0.2, 0) is 0 Å². The Balaban J connectivity index is 1.86. The summed E-state index contributed by atoms with van der Waals surface area (Å²) in [6.45, 7) is 5.98. The molecule has 98 valence electrons. The Labute approximate surface area is 104 Å². The molecule has 2 rings (SSSR count). The SMILES string of the molecule is C[C@H](O)CN(C[C@@H]1C[C@H]2C=C[C@H]1C2)C[C@@H](C)O. The van der Waals surface area contributed by atoms with Crippen molar-refractivity contribution in [3.8, 4) is 0 Å². The molecule has 0 saturated heterocycles. The van der Waals surface area contributed by atoms with Gasteiger partial charge in [-0.1, -0.05) is 12.2 Å². The molecule has 0 aromatic carbocycles. The second kappa shape index (κ2) is 5.51. The molecule has 0 aromatic rings. The Morgan fingerprint density at radius 2 is 1.76 bits per heavy atom. The molecule has 0 heterocycles. The first-order chi connectivity index (χ1) is 8.04. The fraction of sp³-hybridized carbons (Fsp3) is 0.857. The summed E-state index contributed by atoms with van der Waals surface area (Å²) in [5.41, 5.74) is 0. The van der Waals surface area contributed by atoms with Crippen LogP contribution in [0.2, 0.25) is 0 Å². The molecule has 2 aliphatic carbocycles. The van der Waals surface area contributed by atoms with Gasteiger partial charge in [0, 0.05) is 19.6 Å². The van der Waals surface area contributed by atoms with E-state index in [-0.39, 0.29) is 12.2 Å². The lowest BCUT2D eigenvalue weighted by molar-refractivity contribution is 0.0710. The average molecular weight is 239 g/mol. The summed E-state index contributed by atoms with van der Waals surface area (Å²) in [5.74, 6) is 2.26. The van der Waals surface area contributed by atoms with Crippen LogP contribution >= 0.6 is 0 Å². The Morgan fingerprint density at radius 1 is 1.12 bits per heavy atom. The Bertz CT molecular complexity index is 265. The molecule has 1 fully saturated rings. The number of hydrogen-bond donors (Lipinski definition) is 2. The molecule has 0 radical (unpaired) electrons. The van der Waals surface area contributed by atoms with E-state index in [9.17, 15) is 10.2 Å². The molecular weight excluding hydrogens is 214 g/mol. The van der Waals surface area contributed by atoms with Crippen molar-refractivity contribution >= 4 is 0 Å². The van der Waals surface area contributed by atoms with Gasteiger partial charge in [-0.3, -0.25) is 4.90 Å². The smallest absolute Gasteiger partial charge is 0.0639 e. The van der Waals surface area contributed by atoms with E-state index in [0.717, 1.165) is 24.3 Å². The van der Waals surface area contributed by atoms with E-state index in [4.69, 9.17) is 0 Å². The van der Waals surface area contributed by atoms with Gasteiger partial charge >= 0.3 is 0 Å². The van der Waals surface area contributed by atoms with Crippen molar-refractivity contribution in [2.45, 2.75) is 38.9 Å². The van der Waals surface area contributed by atoms with E-state index in [1.807, 2.05) is 13.8 Å². The summed E-state index contributed by atoms with van der Waals surface area (Å²) < 4.78 is 0. The van der Waals surface area contributed by atoms with Crippen molar-refractivity contribution < 1.29 is 10.2 Å². The summed E-state index contributed by atoms with van der Waals surface area (Å²) >= 11 is 0. The van der Waals surface area contributed by atoms with Crippen molar-refractivity contribution in [2.75, 3.05) is 19.6 Å². The van der Waals surface area contributed by atoms with Crippen LogP contribution in [0, 0.1) is 17.8 Å². The second-order valence-corrected chi connectivity index (χ2v) is 5.96. The normalized spacial score (nSPS) is 34.5. The first-order valence-electron chi connectivity index (χ1n) is 6.81. The maximum Gasteiger partial charge on any atom is 0.0639 e. The summed E-state index contributed by atoms with van der Waals surface area (Å²) in [7, 11) is 0. The molecule has 0 amide bonds. The predicted molar refractivity (Wildman–Crippen MR) is 68.6 cm³/mol. The first-order valence-corrected chi connectivity index (χ1v) is 6.81. The zero-order chi connectivity index (χ0) is 12.4. The van der Waals surface area contributed by atoms with Gasteiger partial charge in [-0.25, -0.2) is 0 Å². The minimum atomic E-state index is -0.317. The summed E-state index contributed by atoms with van der Waals surface area (Å²) in [6, 6.07) is 0. The number of rotatable bonds is 6. The third kappa shape index (κ3) is 3.54. The van der Waals surface area contributed by atoms with E-state index in [2.05, 4.69) is 17.1 Å². The molecule has 0 aromatic heterocycles. The lowest BCUT2D eigenvalue weighted by Crippen LogP contribution is -2.40. The molecule has 5 atom stereocenters. The zero-order valence-corrected chi connectivity index (χ0v) is 10.9. The van der Waals surface area contributed by atoms with Gasteiger partial charge in [0.25, 0.3) is 0 Å². The maximum atomic E-state index is 9.50. The Morgan fingerprint density at radius 3 is 2.18 bits per heavy atom. The second-order valence-electron chi connectivity index (χ2n) is 5.96. The number of aliphatic hydroxyl groups excluding tert-OH is 2. The lowest BCUT2D eigenvalue weighted by Gasteiger charge is -2.30. The third-order valence-corrected chi connectivity index (χ3v) is 3.95. The summed E-state index contributed by atoms with van der Waals surface area (Å²) in [5, 5.41) is 19.0. The van der Waals surface area contributed by atoms with Gasteiger partial charge in [-0.2, -0.15) is 0 Å². The third-order valence-electron chi connectivity index (χ3n) is 3.95. The largest absolute Gasteiger partial charge is 0.392 e. The van der Waals surface area contributed by atoms with Crippen LogP contribution < -0.4 is 0 Å². The molecule has 1 saturated carbocycles. The van der Waals surface area contributed by atoms with E-state index < -0.39 is 0 Å². The number of fused-ring (bicyclic) bond motifs is 2. The van der Waals surface area contributed by atoms with Crippen molar-refractivity contribution in [1.82, 2.24) is 4.90 Å². The van der Waals surface area contributed by atoms with Gasteiger partial charge in [-0.05, 0) is 44.4 Å². The quantitative estimate of drug-likeness (QED) is 0.686. The Hall–Kier alpha value is -0.380. The van der Waals surface area contributed by atoms with Gasteiger partial charge < -0.3 is 10.2 Å². The molecule has 2 bridgehead atoms. The molecule has 17 heavy (non-hydrogen) atoms. The molecule has 3 nitrogen and oxygen atoms in total. The molecule has 2 N–H and O–H groups in total. The minimum absolute atomic E-state index is 0.317. The van der Waals surface area contributed by atoms with Crippen LogP contribution in [0.15, 0.2) is 12.2 Å². The van der Waals surface area contributed by atoms with Crippen molar-refractivity contribution in [2.24, 2.45) is 17.8 Å². The van der Waals surface area contributed by atoms with Gasteiger partial charge in [-0.15, -0.1) is 0 Å². The van der Waals surface area contributed by atoms with Gasteiger partial charge in [0.15, 0.2) is 0 Å². The predicted octanol–water partition coefficient (Wildman–Crippen LogP) is 1.26. The standard InChI is InChI=1S/C14H25NO2/c1-10(16)7-15(8-11(2)17)9-14-6-12-3-4-13(14)5-12/h3-4,10-14,16-17H,5-9H2,1-2H3/t10-,11+,12-,13-,14-/m0/s1.